The molecule has 0 amide bonds. The van der Waals surface area contributed by atoms with Crippen LogP contribution < -0.4 is 11.2 Å². The molecule has 1 aromatic carbocycles. The molecule has 0 aliphatic carbocycles. The SMILES string of the molecule is O=c1[nH]c(=O)n(-c2ccccc2)c2[nH]c(=S)[nH]c12. The van der Waals surface area contributed by atoms with Crippen molar-refractivity contribution in [3.8, 4) is 5.69 Å². The molecule has 0 fully saturated rings. The average molecular weight is 260 g/mol. The Kier molecular flexibility index (Phi) is 2.27. The fourth-order valence-corrected chi connectivity index (χ4v) is 2.05. The zero-order valence-electron chi connectivity index (χ0n) is 9.06. The second-order valence-corrected chi connectivity index (χ2v) is 4.14. The minimum absolute atomic E-state index is 0.253. The second-order valence-electron chi connectivity index (χ2n) is 3.73. The Bertz CT molecular complexity index is 885. The molecule has 0 atom stereocenters. The molecule has 2 aromatic heterocycles. The summed E-state index contributed by atoms with van der Waals surface area (Å²) in [4.78, 5) is 31.3. The number of rotatable bonds is 1. The predicted molar refractivity (Wildman–Crippen MR) is 69.7 cm³/mol. The number of H-pyrrole nitrogens is 3. The van der Waals surface area contributed by atoms with Crippen LogP contribution in [0.25, 0.3) is 16.9 Å². The van der Waals surface area contributed by atoms with Crippen LogP contribution in [0.1, 0.15) is 0 Å². The highest BCUT2D eigenvalue weighted by Crippen LogP contribution is 2.09. The van der Waals surface area contributed by atoms with E-state index in [2.05, 4.69) is 15.0 Å². The van der Waals surface area contributed by atoms with Crippen LogP contribution in [0, 0.1) is 4.77 Å². The van der Waals surface area contributed by atoms with Crippen molar-refractivity contribution >= 4 is 23.4 Å². The van der Waals surface area contributed by atoms with E-state index < -0.39 is 11.2 Å². The Balaban J connectivity index is 2.54. The van der Waals surface area contributed by atoms with Gasteiger partial charge in [-0.3, -0.25) is 9.78 Å². The normalized spacial score (nSPS) is 10.9. The number of imidazole rings is 1. The van der Waals surface area contributed by atoms with Crippen LogP contribution >= 0.6 is 12.2 Å². The topological polar surface area (TPSA) is 86.4 Å². The lowest BCUT2D eigenvalue weighted by atomic mass is 10.3. The van der Waals surface area contributed by atoms with Crippen LogP contribution in [0.2, 0.25) is 0 Å². The monoisotopic (exact) mass is 260 g/mol. The van der Waals surface area contributed by atoms with Gasteiger partial charge in [0.05, 0.1) is 5.69 Å². The van der Waals surface area contributed by atoms with Crippen molar-refractivity contribution < 1.29 is 0 Å². The van der Waals surface area contributed by atoms with Crippen LogP contribution in [-0.4, -0.2) is 19.5 Å². The van der Waals surface area contributed by atoms with Gasteiger partial charge >= 0.3 is 5.69 Å². The lowest BCUT2D eigenvalue weighted by Crippen LogP contribution is -2.29. The van der Waals surface area contributed by atoms with E-state index in [1.807, 2.05) is 6.07 Å². The van der Waals surface area contributed by atoms with E-state index in [1.165, 1.54) is 4.57 Å². The number of aromatic nitrogens is 4. The number of benzene rings is 1. The van der Waals surface area contributed by atoms with Crippen LogP contribution in [0.3, 0.4) is 0 Å². The largest absolute Gasteiger partial charge is 0.334 e. The maximum Gasteiger partial charge on any atom is 0.334 e. The number of fused-ring (bicyclic) bond motifs is 1. The molecule has 6 nitrogen and oxygen atoms in total. The highest BCUT2D eigenvalue weighted by molar-refractivity contribution is 7.71. The smallest absolute Gasteiger partial charge is 0.325 e. The first kappa shape index (κ1) is 10.7. The highest BCUT2D eigenvalue weighted by atomic mass is 32.1. The van der Waals surface area contributed by atoms with Crippen molar-refractivity contribution in [2.75, 3.05) is 0 Å². The van der Waals surface area contributed by atoms with E-state index in [9.17, 15) is 9.59 Å². The van der Waals surface area contributed by atoms with Gasteiger partial charge < -0.3 is 9.97 Å². The van der Waals surface area contributed by atoms with E-state index in [0.29, 0.717) is 16.1 Å². The summed E-state index contributed by atoms with van der Waals surface area (Å²) in [5.74, 6) is 0. The molecule has 7 heteroatoms. The van der Waals surface area contributed by atoms with Crippen molar-refractivity contribution in [3.05, 3.63) is 55.9 Å². The zero-order valence-corrected chi connectivity index (χ0v) is 9.88. The molecule has 3 rings (SSSR count). The first-order valence-electron chi connectivity index (χ1n) is 5.19. The number of nitrogens with zero attached hydrogens (tertiary/aromatic N) is 1. The third kappa shape index (κ3) is 1.52. The predicted octanol–water partition coefficient (Wildman–Crippen LogP) is 1.06. The summed E-state index contributed by atoms with van der Waals surface area (Å²) in [5, 5.41) is 0. The van der Waals surface area contributed by atoms with Crippen molar-refractivity contribution in [1.82, 2.24) is 19.5 Å². The van der Waals surface area contributed by atoms with Gasteiger partial charge in [0.1, 0.15) is 5.52 Å². The molecule has 0 saturated carbocycles. The molecule has 0 spiro atoms. The third-order valence-corrected chi connectivity index (χ3v) is 2.80. The summed E-state index contributed by atoms with van der Waals surface area (Å²) < 4.78 is 1.66. The maximum atomic E-state index is 11.9. The number of para-hydroxylation sites is 1. The van der Waals surface area contributed by atoms with Gasteiger partial charge in [-0.25, -0.2) is 9.36 Å². The van der Waals surface area contributed by atoms with Gasteiger partial charge in [0.2, 0.25) is 0 Å². The Morgan fingerprint density at radius 3 is 2.44 bits per heavy atom. The molecule has 18 heavy (non-hydrogen) atoms. The molecular weight excluding hydrogens is 252 g/mol. The van der Waals surface area contributed by atoms with Gasteiger partial charge in [0, 0.05) is 0 Å². The lowest BCUT2D eigenvalue weighted by Gasteiger charge is -2.05. The fraction of sp³-hybridized carbons (Fsp3) is 0. The summed E-state index contributed by atoms with van der Waals surface area (Å²) in [7, 11) is 0. The Morgan fingerprint density at radius 2 is 1.72 bits per heavy atom. The van der Waals surface area contributed by atoms with Crippen LogP contribution in [-0.2, 0) is 0 Å². The summed E-state index contributed by atoms with van der Waals surface area (Å²) in [5.41, 5.74) is 0.260. The summed E-state index contributed by atoms with van der Waals surface area (Å²) in [6, 6.07) is 8.99. The van der Waals surface area contributed by atoms with Crippen molar-refractivity contribution in [3.63, 3.8) is 0 Å². The third-order valence-electron chi connectivity index (χ3n) is 2.60. The molecule has 0 unspecified atom stereocenters. The van der Waals surface area contributed by atoms with Crippen LogP contribution in [0.15, 0.2) is 39.9 Å². The van der Waals surface area contributed by atoms with Gasteiger partial charge in [-0.1, -0.05) is 18.2 Å². The standard InChI is InChI=1S/C11H8N4O2S/c16-9-7-8(13-10(18)12-7)15(11(17)14-9)6-4-2-1-3-5-6/h1-5H,(H2,12,13,18)(H,14,16,17). The molecule has 2 heterocycles. The average Bonchev–Trinajstić information content (AvgIpc) is 2.72. The molecule has 0 aliphatic rings. The van der Waals surface area contributed by atoms with Crippen molar-refractivity contribution in [2.24, 2.45) is 0 Å². The molecule has 3 aromatic rings. The van der Waals surface area contributed by atoms with Gasteiger partial charge in [-0.15, -0.1) is 0 Å². The lowest BCUT2D eigenvalue weighted by molar-refractivity contribution is 0.930. The molecule has 90 valence electrons. The first-order chi connectivity index (χ1) is 8.66. The zero-order chi connectivity index (χ0) is 12.7. The van der Waals surface area contributed by atoms with E-state index in [4.69, 9.17) is 12.2 Å². The van der Waals surface area contributed by atoms with Gasteiger partial charge in [0.25, 0.3) is 5.56 Å². The minimum atomic E-state index is -0.510. The van der Waals surface area contributed by atoms with E-state index in [0.717, 1.165) is 0 Å². The van der Waals surface area contributed by atoms with Crippen LogP contribution in [0.5, 0.6) is 0 Å². The summed E-state index contributed by atoms with van der Waals surface area (Å²) in [6.45, 7) is 0. The summed E-state index contributed by atoms with van der Waals surface area (Å²) >= 11 is 4.95. The summed E-state index contributed by atoms with van der Waals surface area (Å²) in [6.07, 6.45) is 0. The molecule has 0 radical (unpaired) electrons. The Hall–Kier alpha value is -2.41. The molecule has 0 saturated heterocycles. The van der Waals surface area contributed by atoms with Gasteiger partial charge in [0.15, 0.2) is 10.4 Å². The molecular formula is C11H8N4O2S. The van der Waals surface area contributed by atoms with Crippen molar-refractivity contribution in [2.45, 2.75) is 0 Å². The first-order valence-corrected chi connectivity index (χ1v) is 5.60. The maximum absolute atomic E-state index is 11.9. The van der Waals surface area contributed by atoms with E-state index >= 15 is 0 Å². The van der Waals surface area contributed by atoms with Crippen molar-refractivity contribution in [1.29, 1.82) is 0 Å². The molecule has 3 N–H and O–H groups in total. The highest BCUT2D eigenvalue weighted by Gasteiger charge is 2.10. The fourth-order valence-electron chi connectivity index (χ4n) is 1.85. The molecule has 0 aliphatic heterocycles. The second kappa shape index (κ2) is 3.81. The number of aromatic amines is 3. The number of hydrogen-bond acceptors (Lipinski definition) is 3. The minimum Gasteiger partial charge on any atom is -0.325 e. The van der Waals surface area contributed by atoms with Gasteiger partial charge in [-0.05, 0) is 24.4 Å². The molecule has 0 bridgehead atoms. The quantitative estimate of drug-likeness (QED) is 0.572. The van der Waals surface area contributed by atoms with Crippen LogP contribution in [0.4, 0.5) is 0 Å². The van der Waals surface area contributed by atoms with Gasteiger partial charge in [-0.2, -0.15) is 0 Å². The van der Waals surface area contributed by atoms with E-state index in [1.54, 1.807) is 24.3 Å². The number of hydrogen-bond donors (Lipinski definition) is 3. The Labute approximate surface area is 105 Å². The number of nitrogens with one attached hydrogen (secondary N) is 3. The van der Waals surface area contributed by atoms with E-state index in [-0.39, 0.29) is 5.52 Å². The Morgan fingerprint density at radius 1 is 1.00 bits per heavy atom.